The lowest BCUT2D eigenvalue weighted by molar-refractivity contribution is -0.116. The molecule has 1 aromatic carbocycles. The number of amides is 1. The first-order valence-electron chi connectivity index (χ1n) is 7.27. The maximum Gasteiger partial charge on any atom is 0.225 e. The maximum absolute atomic E-state index is 11.9. The van der Waals surface area contributed by atoms with Gasteiger partial charge in [0.1, 0.15) is 0 Å². The quantitative estimate of drug-likeness (QED) is 0.829. The highest BCUT2D eigenvalue weighted by Crippen LogP contribution is 2.26. The van der Waals surface area contributed by atoms with Crippen molar-refractivity contribution >= 4 is 11.6 Å². The van der Waals surface area contributed by atoms with Crippen molar-refractivity contribution in [1.82, 2.24) is 4.90 Å². The molecular formula is C16H21N3O. The van der Waals surface area contributed by atoms with E-state index in [-0.39, 0.29) is 5.91 Å². The van der Waals surface area contributed by atoms with Gasteiger partial charge in [-0.1, -0.05) is 6.92 Å². The van der Waals surface area contributed by atoms with E-state index in [1.54, 1.807) is 24.3 Å². The van der Waals surface area contributed by atoms with Crippen molar-refractivity contribution < 1.29 is 4.79 Å². The van der Waals surface area contributed by atoms with Gasteiger partial charge in [0.15, 0.2) is 0 Å². The van der Waals surface area contributed by atoms with Crippen LogP contribution in [-0.4, -0.2) is 29.9 Å². The molecule has 0 heterocycles. The lowest BCUT2D eigenvalue weighted by Gasteiger charge is -2.20. The van der Waals surface area contributed by atoms with E-state index in [1.165, 1.54) is 12.8 Å². The van der Waals surface area contributed by atoms with E-state index < -0.39 is 0 Å². The molecule has 1 aromatic rings. The van der Waals surface area contributed by atoms with Crippen LogP contribution in [0.1, 0.15) is 38.2 Å². The van der Waals surface area contributed by atoms with Gasteiger partial charge in [-0.25, -0.2) is 0 Å². The first-order chi connectivity index (χ1) is 9.72. The van der Waals surface area contributed by atoms with E-state index in [9.17, 15) is 4.79 Å². The number of nitriles is 1. The summed E-state index contributed by atoms with van der Waals surface area (Å²) in [4.78, 5) is 14.3. The molecule has 0 atom stereocenters. The minimum atomic E-state index is 0.0384. The molecular weight excluding hydrogens is 250 g/mol. The fourth-order valence-electron chi connectivity index (χ4n) is 2.30. The number of carbonyl (C=O) groups excluding carboxylic acids is 1. The first kappa shape index (κ1) is 14.5. The van der Waals surface area contributed by atoms with Crippen molar-refractivity contribution in [3.8, 4) is 6.07 Å². The van der Waals surface area contributed by atoms with E-state index in [0.717, 1.165) is 25.2 Å². The van der Waals surface area contributed by atoms with Gasteiger partial charge in [0.25, 0.3) is 0 Å². The Morgan fingerprint density at radius 1 is 1.35 bits per heavy atom. The van der Waals surface area contributed by atoms with Crippen molar-refractivity contribution in [2.75, 3.05) is 18.4 Å². The van der Waals surface area contributed by atoms with Gasteiger partial charge in [-0.3, -0.25) is 9.69 Å². The van der Waals surface area contributed by atoms with Crippen LogP contribution in [0.4, 0.5) is 5.69 Å². The van der Waals surface area contributed by atoms with Gasteiger partial charge >= 0.3 is 0 Å². The standard InChI is InChI=1S/C16H21N3O/c1-2-10-19(15-7-8-15)11-9-16(20)18-14-5-3-13(12-17)4-6-14/h3-6,15H,2,7-11H2,1H3,(H,18,20). The third-order valence-electron chi connectivity index (χ3n) is 3.50. The predicted octanol–water partition coefficient (Wildman–Crippen LogP) is 2.76. The maximum atomic E-state index is 11.9. The molecule has 1 aliphatic carbocycles. The number of hydrogen-bond acceptors (Lipinski definition) is 3. The summed E-state index contributed by atoms with van der Waals surface area (Å²) in [6, 6.07) is 9.72. The van der Waals surface area contributed by atoms with E-state index in [2.05, 4.69) is 23.2 Å². The topological polar surface area (TPSA) is 56.1 Å². The second-order valence-electron chi connectivity index (χ2n) is 5.25. The van der Waals surface area contributed by atoms with E-state index in [4.69, 9.17) is 5.26 Å². The Hall–Kier alpha value is -1.86. The minimum Gasteiger partial charge on any atom is -0.326 e. The molecule has 0 spiro atoms. The number of rotatable bonds is 7. The molecule has 1 aliphatic rings. The van der Waals surface area contributed by atoms with Crippen LogP contribution in [0.25, 0.3) is 0 Å². The molecule has 0 bridgehead atoms. The molecule has 2 rings (SSSR count). The van der Waals surface area contributed by atoms with Gasteiger partial charge in [0.05, 0.1) is 11.6 Å². The van der Waals surface area contributed by atoms with Crippen molar-refractivity contribution in [3.05, 3.63) is 29.8 Å². The second kappa shape index (κ2) is 7.06. The molecule has 0 radical (unpaired) electrons. The Morgan fingerprint density at radius 2 is 2.05 bits per heavy atom. The highest BCUT2D eigenvalue weighted by atomic mass is 16.1. The Morgan fingerprint density at radius 3 is 2.60 bits per heavy atom. The van der Waals surface area contributed by atoms with Gasteiger partial charge in [0.2, 0.25) is 5.91 Å². The van der Waals surface area contributed by atoms with Gasteiger partial charge < -0.3 is 5.32 Å². The summed E-state index contributed by atoms with van der Waals surface area (Å²) < 4.78 is 0. The van der Waals surface area contributed by atoms with Crippen LogP contribution in [-0.2, 0) is 4.79 Å². The largest absolute Gasteiger partial charge is 0.326 e. The highest BCUT2D eigenvalue weighted by Gasteiger charge is 2.28. The summed E-state index contributed by atoms with van der Waals surface area (Å²) >= 11 is 0. The van der Waals surface area contributed by atoms with Crippen LogP contribution in [0, 0.1) is 11.3 Å². The van der Waals surface area contributed by atoms with Crippen molar-refractivity contribution in [2.45, 2.75) is 38.6 Å². The molecule has 4 nitrogen and oxygen atoms in total. The number of anilines is 1. The van der Waals surface area contributed by atoms with Gasteiger partial charge in [-0.2, -0.15) is 5.26 Å². The molecule has 20 heavy (non-hydrogen) atoms. The molecule has 1 saturated carbocycles. The van der Waals surface area contributed by atoms with Gasteiger partial charge in [-0.05, 0) is 50.1 Å². The number of benzene rings is 1. The van der Waals surface area contributed by atoms with Crippen molar-refractivity contribution in [3.63, 3.8) is 0 Å². The zero-order valence-electron chi connectivity index (χ0n) is 11.9. The fourth-order valence-corrected chi connectivity index (χ4v) is 2.30. The molecule has 1 fully saturated rings. The number of nitrogens with one attached hydrogen (secondary N) is 1. The number of carbonyl (C=O) groups is 1. The number of nitrogens with zero attached hydrogens (tertiary/aromatic N) is 2. The first-order valence-corrected chi connectivity index (χ1v) is 7.27. The zero-order valence-corrected chi connectivity index (χ0v) is 11.9. The molecule has 0 aliphatic heterocycles. The van der Waals surface area contributed by atoms with Crippen molar-refractivity contribution in [2.24, 2.45) is 0 Å². The molecule has 106 valence electrons. The second-order valence-corrected chi connectivity index (χ2v) is 5.25. The molecule has 1 N–H and O–H groups in total. The highest BCUT2D eigenvalue weighted by molar-refractivity contribution is 5.90. The molecule has 0 saturated heterocycles. The lowest BCUT2D eigenvalue weighted by atomic mass is 10.2. The minimum absolute atomic E-state index is 0.0384. The summed E-state index contributed by atoms with van der Waals surface area (Å²) in [5, 5.41) is 11.6. The van der Waals surface area contributed by atoms with Crippen molar-refractivity contribution in [1.29, 1.82) is 5.26 Å². The van der Waals surface area contributed by atoms with Crippen LogP contribution in [0.3, 0.4) is 0 Å². The summed E-state index contributed by atoms with van der Waals surface area (Å²) in [5.74, 6) is 0.0384. The van der Waals surface area contributed by atoms with Crippen LogP contribution >= 0.6 is 0 Å². The lowest BCUT2D eigenvalue weighted by Crippen LogP contribution is -2.30. The van der Waals surface area contributed by atoms with E-state index >= 15 is 0 Å². The SMILES string of the molecule is CCCN(CCC(=O)Nc1ccc(C#N)cc1)C1CC1. The summed E-state index contributed by atoms with van der Waals surface area (Å²) in [6.07, 6.45) is 4.21. The third kappa shape index (κ3) is 4.36. The Balaban J connectivity index is 1.78. The molecule has 1 amide bonds. The smallest absolute Gasteiger partial charge is 0.225 e. The normalized spacial score (nSPS) is 14.1. The molecule has 0 aromatic heterocycles. The number of hydrogen-bond donors (Lipinski definition) is 1. The monoisotopic (exact) mass is 271 g/mol. The van der Waals surface area contributed by atoms with Gasteiger partial charge in [0, 0.05) is 24.7 Å². The molecule has 0 unspecified atom stereocenters. The Bertz CT molecular complexity index is 485. The summed E-state index contributed by atoms with van der Waals surface area (Å²) in [5.41, 5.74) is 1.35. The third-order valence-corrected chi connectivity index (χ3v) is 3.50. The predicted molar refractivity (Wildman–Crippen MR) is 79.3 cm³/mol. The average Bonchev–Trinajstić information content (AvgIpc) is 3.29. The van der Waals surface area contributed by atoms with Crippen LogP contribution < -0.4 is 5.32 Å². The molecule has 4 heteroatoms. The summed E-state index contributed by atoms with van der Waals surface area (Å²) in [7, 11) is 0. The van der Waals surface area contributed by atoms with E-state index in [0.29, 0.717) is 18.0 Å². The Labute approximate surface area is 120 Å². The van der Waals surface area contributed by atoms with Gasteiger partial charge in [-0.15, -0.1) is 0 Å². The van der Waals surface area contributed by atoms with Crippen LogP contribution in [0.15, 0.2) is 24.3 Å². The average molecular weight is 271 g/mol. The van der Waals surface area contributed by atoms with Crippen LogP contribution in [0.5, 0.6) is 0 Å². The summed E-state index contributed by atoms with van der Waals surface area (Å²) in [6.45, 7) is 4.08. The zero-order chi connectivity index (χ0) is 14.4. The van der Waals surface area contributed by atoms with E-state index in [1.807, 2.05) is 0 Å². The Kier molecular flexibility index (Phi) is 5.14. The fraction of sp³-hybridized carbons (Fsp3) is 0.500. The van der Waals surface area contributed by atoms with Crippen LogP contribution in [0.2, 0.25) is 0 Å².